The number of thioether (sulfide) groups is 1. The maximum absolute atomic E-state index is 12.3. The molecule has 1 aliphatic heterocycles. The highest BCUT2D eigenvalue weighted by Gasteiger charge is 2.35. The van der Waals surface area contributed by atoms with Crippen molar-refractivity contribution in [2.24, 2.45) is 0 Å². The SMILES string of the molecule is COc1ccc(CC2c3cc(OC)c(OC)cc3C(Sc3ccccc3)CN2C=O)cc1OC. The molecule has 0 radical (unpaired) electrons. The minimum Gasteiger partial charge on any atom is -0.493 e. The second kappa shape index (κ2) is 10.7. The van der Waals surface area contributed by atoms with Crippen molar-refractivity contribution in [1.29, 1.82) is 0 Å². The van der Waals surface area contributed by atoms with Crippen molar-refractivity contribution in [3.63, 3.8) is 0 Å². The predicted molar refractivity (Wildman–Crippen MR) is 133 cm³/mol. The summed E-state index contributed by atoms with van der Waals surface area (Å²) < 4.78 is 22.1. The van der Waals surface area contributed by atoms with Gasteiger partial charge in [-0.05, 0) is 59.5 Å². The topological polar surface area (TPSA) is 57.2 Å². The molecule has 178 valence electrons. The van der Waals surface area contributed by atoms with E-state index in [1.165, 1.54) is 0 Å². The molecule has 7 heteroatoms. The fraction of sp³-hybridized carbons (Fsp3) is 0.296. The number of nitrogens with zero attached hydrogens (tertiary/aromatic N) is 1. The summed E-state index contributed by atoms with van der Waals surface area (Å²) in [5.74, 6) is 2.67. The Morgan fingerprint density at radius 3 is 2.06 bits per heavy atom. The molecule has 1 aliphatic rings. The van der Waals surface area contributed by atoms with Gasteiger partial charge in [-0.15, -0.1) is 11.8 Å². The zero-order valence-corrected chi connectivity index (χ0v) is 20.6. The van der Waals surface area contributed by atoms with Gasteiger partial charge in [0.1, 0.15) is 0 Å². The van der Waals surface area contributed by atoms with Crippen molar-refractivity contribution in [2.45, 2.75) is 22.6 Å². The number of methoxy groups -OCH3 is 4. The Hall–Kier alpha value is -3.32. The molecule has 0 bridgehead atoms. The number of benzene rings is 3. The van der Waals surface area contributed by atoms with Gasteiger partial charge in [-0.3, -0.25) is 4.79 Å². The number of rotatable bonds is 9. The standard InChI is InChI=1S/C27H29NO5S/c1-30-23-11-10-18(13-24(23)31-2)12-22-20-14-25(32-3)26(33-4)15-21(20)27(16-28(22)17-29)34-19-8-6-5-7-9-19/h5-11,13-15,17,22,27H,12,16H2,1-4H3. The first kappa shape index (κ1) is 23.8. The molecule has 6 nitrogen and oxygen atoms in total. The lowest BCUT2D eigenvalue weighted by atomic mass is 9.88. The number of hydrogen-bond donors (Lipinski definition) is 0. The lowest BCUT2D eigenvalue weighted by molar-refractivity contribution is -0.120. The van der Waals surface area contributed by atoms with Crippen LogP contribution in [0, 0.1) is 0 Å². The molecule has 0 fully saturated rings. The summed E-state index contributed by atoms with van der Waals surface area (Å²) in [4.78, 5) is 15.3. The number of hydrogen-bond acceptors (Lipinski definition) is 6. The van der Waals surface area contributed by atoms with Gasteiger partial charge in [-0.1, -0.05) is 24.3 Å². The van der Waals surface area contributed by atoms with Crippen LogP contribution in [0.25, 0.3) is 0 Å². The van der Waals surface area contributed by atoms with E-state index >= 15 is 0 Å². The van der Waals surface area contributed by atoms with Gasteiger partial charge < -0.3 is 23.8 Å². The van der Waals surface area contributed by atoms with Crippen LogP contribution in [0.3, 0.4) is 0 Å². The Morgan fingerprint density at radius 2 is 1.44 bits per heavy atom. The molecule has 2 atom stereocenters. The summed E-state index contributed by atoms with van der Waals surface area (Å²) in [5, 5.41) is 0.0593. The summed E-state index contributed by atoms with van der Waals surface area (Å²) in [6.45, 7) is 0.587. The first-order valence-electron chi connectivity index (χ1n) is 11.0. The van der Waals surface area contributed by atoms with Crippen LogP contribution in [-0.4, -0.2) is 46.3 Å². The number of ether oxygens (including phenoxy) is 4. The molecular weight excluding hydrogens is 450 g/mol. The Bertz CT molecular complexity index is 1140. The van der Waals surface area contributed by atoms with E-state index in [9.17, 15) is 4.79 Å². The highest BCUT2D eigenvalue weighted by atomic mass is 32.2. The van der Waals surface area contributed by atoms with Crippen molar-refractivity contribution < 1.29 is 23.7 Å². The van der Waals surface area contributed by atoms with Gasteiger partial charge in [0.15, 0.2) is 23.0 Å². The van der Waals surface area contributed by atoms with Crippen LogP contribution in [0.5, 0.6) is 23.0 Å². The molecule has 1 amide bonds. The smallest absolute Gasteiger partial charge is 0.210 e. The molecule has 4 rings (SSSR count). The van der Waals surface area contributed by atoms with E-state index < -0.39 is 0 Å². The molecule has 0 saturated carbocycles. The minimum absolute atomic E-state index is 0.0593. The van der Waals surface area contributed by atoms with E-state index in [0.29, 0.717) is 36.0 Å². The van der Waals surface area contributed by atoms with E-state index in [-0.39, 0.29) is 11.3 Å². The predicted octanol–water partition coefficient (Wildman–Crippen LogP) is 5.31. The van der Waals surface area contributed by atoms with Crippen molar-refractivity contribution in [3.05, 3.63) is 77.4 Å². The van der Waals surface area contributed by atoms with Crippen LogP contribution >= 0.6 is 11.8 Å². The third-order valence-electron chi connectivity index (χ3n) is 6.11. The third-order valence-corrected chi connectivity index (χ3v) is 7.34. The van der Waals surface area contributed by atoms with E-state index in [1.54, 1.807) is 40.2 Å². The number of carbonyl (C=O) groups excluding carboxylic acids is 1. The largest absolute Gasteiger partial charge is 0.493 e. The average molecular weight is 480 g/mol. The van der Waals surface area contributed by atoms with Crippen LogP contribution in [-0.2, 0) is 11.2 Å². The van der Waals surface area contributed by atoms with Gasteiger partial charge >= 0.3 is 0 Å². The molecular formula is C27H29NO5S. The molecule has 0 saturated heterocycles. The molecule has 0 spiro atoms. The first-order valence-corrected chi connectivity index (χ1v) is 11.9. The molecule has 2 unspecified atom stereocenters. The van der Waals surface area contributed by atoms with Gasteiger partial charge in [0.05, 0.1) is 39.7 Å². The number of fused-ring (bicyclic) bond motifs is 1. The molecule has 34 heavy (non-hydrogen) atoms. The first-order chi connectivity index (χ1) is 16.6. The fourth-order valence-corrected chi connectivity index (χ4v) is 5.63. The lowest BCUT2D eigenvalue weighted by Gasteiger charge is -2.39. The summed E-state index contributed by atoms with van der Waals surface area (Å²) in [5.41, 5.74) is 3.25. The van der Waals surface area contributed by atoms with Gasteiger partial charge in [0.2, 0.25) is 6.41 Å². The van der Waals surface area contributed by atoms with E-state index in [2.05, 4.69) is 18.2 Å². The third kappa shape index (κ3) is 4.80. The molecule has 3 aromatic rings. The van der Waals surface area contributed by atoms with E-state index in [1.807, 2.05) is 47.4 Å². The van der Waals surface area contributed by atoms with Crippen molar-refractivity contribution in [2.75, 3.05) is 35.0 Å². The van der Waals surface area contributed by atoms with Crippen molar-refractivity contribution >= 4 is 18.2 Å². The van der Waals surface area contributed by atoms with Crippen LogP contribution in [0.4, 0.5) is 0 Å². The van der Waals surface area contributed by atoms with Gasteiger partial charge in [-0.25, -0.2) is 0 Å². The van der Waals surface area contributed by atoms with Crippen molar-refractivity contribution in [3.8, 4) is 23.0 Å². The van der Waals surface area contributed by atoms with E-state index in [4.69, 9.17) is 18.9 Å². The second-order valence-corrected chi connectivity index (χ2v) is 9.24. The maximum atomic E-state index is 12.3. The Balaban J connectivity index is 1.77. The normalized spacial score (nSPS) is 17.0. The van der Waals surface area contributed by atoms with Gasteiger partial charge in [-0.2, -0.15) is 0 Å². The van der Waals surface area contributed by atoms with Gasteiger partial charge in [0, 0.05) is 11.4 Å². The summed E-state index contributed by atoms with van der Waals surface area (Å²) in [6.07, 6.45) is 1.58. The minimum atomic E-state index is -0.155. The van der Waals surface area contributed by atoms with Crippen LogP contribution in [0.15, 0.2) is 65.6 Å². The van der Waals surface area contributed by atoms with Crippen LogP contribution in [0.2, 0.25) is 0 Å². The monoisotopic (exact) mass is 479 g/mol. The molecule has 0 N–H and O–H groups in total. The van der Waals surface area contributed by atoms with Crippen LogP contribution < -0.4 is 18.9 Å². The summed E-state index contributed by atoms with van der Waals surface area (Å²) in [6, 6.07) is 20.0. The van der Waals surface area contributed by atoms with Crippen molar-refractivity contribution in [1.82, 2.24) is 4.90 Å². The molecule has 1 heterocycles. The highest BCUT2D eigenvalue weighted by molar-refractivity contribution is 7.99. The summed E-state index contributed by atoms with van der Waals surface area (Å²) >= 11 is 1.74. The Labute approximate surface area is 204 Å². The molecule has 0 aromatic heterocycles. The zero-order valence-electron chi connectivity index (χ0n) is 19.8. The van der Waals surface area contributed by atoms with Gasteiger partial charge in [0.25, 0.3) is 0 Å². The average Bonchev–Trinajstić information content (AvgIpc) is 2.89. The number of carbonyl (C=O) groups is 1. The van der Waals surface area contributed by atoms with E-state index in [0.717, 1.165) is 28.0 Å². The maximum Gasteiger partial charge on any atom is 0.210 e. The summed E-state index contributed by atoms with van der Waals surface area (Å²) in [7, 11) is 6.51. The molecule has 0 aliphatic carbocycles. The fourth-order valence-electron chi connectivity index (χ4n) is 4.41. The zero-order chi connectivity index (χ0) is 24.1. The number of amides is 1. The molecule has 3 aromatic carbocycles. The highest BCUT2D eigenvalue weighted by Crippen LogP contribution is 2.48. The second-order valence-electron chi connectivity index (χ2n) is 7.97. The quantitative estimate of drug-likeness (QED) is 0.388. The van der Waals surface area contributed by atoms with Crippen LogP contribution in [0.1, 0.15) is 28.0 Å². The Morgan fingerprint density at radius 1 is 0.824 bits per heavy atom. The Kier molecular flexibility index (Phi) is 7.53. The lowest BCUT2D eigenvalue weighted by Crippen LogP contribution is -2.37.